The van der Waals surface area contributed by atoms with E-state index in [9.17, 15) is 26.7 Å². The Morgan fingerprint density at radius 3 is 2.57 bits per heavy atom. The van der Waals surface area contributed by atoms with Gasteiger partial charge in [-0.2, -0.15) is 13.2 Å². The molecular weight excluding hydrogens is 485 g/mol. The Morgan fingerprint density at radius 1 is 1.14 bits per heavy atom. The van der Waals surface area contributed by atoms with Gasteiger partial charge in [-0.05, 0) is 66.3 Å². The maximum Gasteiger partial charge on any atom is 0.416 e. The molecule has 0 fully saturated rings. The molecular formula is C24H21F3N2O5S. The van der Waals surface area contributed by atoms with Crippen LogP contribution in [0.4, 0.5) is 19.0 Å². The molecule has 7 nitrogen and oxygen atoms in total. The first-order valence-corrected chi connectivity index (χ1v) is 11.7. The average Bonchev–Trinajstić information content (AvgIpc) is 2.83. The number of benzene rings is 2. The van der Waals surface area contributed by atoms with Crippen molar-refractivity contribution >= 4 is 23.1 Å². The first-order valence-electron chi connectivity index (χ1n) is 10.7. The SMILES string of the molecule is O=C(O)COc1cccc2c1CCCC2N(c1ccc(-c2cccc(C(F)(F)F)c2)cn1)S(=O)O. The zero-order valence-corrected chi connectivity index (χ0v) is 19.1. The van der Waals surface area contributed by atoms with Gasteiger partial charge >= 0.3 is 12.1 Å². The van der Waals surface area contributed by atoms with Crippen molar-refractivity contribution in [1.82, 2.24) is 4.98 Å². The fourth-order valence-corrected chi connectivity index (χ4v) is 4.92. The lowest BCUT2D eigenvalue weighted by Gasteiger charge is -2.34. The van der Waals surface area contributed by atoms with E-state index in [1.54, 1.807) is 24.3 Å². The van der Waals surface area contributed by atoms with Crippen LogP contribution in [0.1, 0.15) is 35.6 Å². The number of anilines is 1. The van der Waals surface area contributed by atoms with Crippen LogP contribution in [-0.2, 0) is 28.7 Å². The van der Waals surface area contributed by atoms with Crippen LogP contribution < -0.4 is 9.04 Å². The maximum absolute atomic E-state index is 13.1. The molecule has 0 saturated carbocycles. The Bertz CT molecular complexity index is 1250. The zero-order valence-electron chi connectivity index (χ0n) is 18.2. The van der Waals surface area contributed by atoms with Crippen LogP contribution in [0.15, 0.2) is 60.8 Å². The van der Waals surface area contributed by atoms with Crippen LogP contribution in [0.2, 0.25) is 0 Å². The van der Waals surface area contributed by atoms with Crippen molar-refractivity contribution in [3.8, 4) is 16.9 Å². The number of hydrogen-bond acceptors (Lipinski definition) is 4. The average molecular weight is 507 g/mol. The van der Waals surface area contributed by atoms with E-state index in [0.717, 1.165) is 23.3 Å². The molecule has 2 unspecified atom stereocenters. The van der Waals surface area contributed by atoms with Gasteiger partial charge in [0.15, 0.2) is 6.61 Å². The number of rotatable bonds is 7. The summed E-state index contributed by atoms with van der Waals surface area (Å²) in [6, 6.07) is 12.5. The molecule has 1 heterocycles. The highest BCUT2D eigenvalue weighted by atomic mass is 32.2. The predicted molar refractivity (Wildman–Crippen MR) is 123 cm³/mol. The first kappa shape index (κ1) is 24.7. The lowest BCUT2D eigenvalue weighted by Crippen LogP contribution is -2.33. The minimum atomic E-state index is -4.48. The zero-order chi connectivity index (χ0) is 25.2. The fourth-order valence-electron chi connectivity index (χ4n) is 4.22. The quantitative estimate of drug-likeness (QED) is 0.425. The van der Waals surface area contributed by atoms with E-state index in [2.05, 4.69) is 4.98 Å². The number of fused-ring (bicyclic) bond motifs is 1. The highest BCUT2D eigenvalue weighted by molar-refractivity contribution is 7.80. The van der Waals surface area contributed by atoms with E-state index < -0.39 is 41.6 Å². The van der Waals surface area contributed by atoms with Crippen molar-refractivity contribution in [2.75, 3.05) is 10.9 Å². The predicted octanol–water partition coefficient (Wildman–Crippen LogP) is 5.25. The molecule has 1 aromatic heterocycles. The van der Waals surface area contributed by atoms with Crippen molar-refractivity contribution < 1.29 is 36.6 Å². The Morgan fingerprint density at radius 2 is 1.91 bits per heavy atom. The fraction of sp³-hybridized carbons (Fsp3) is 0.250. The summed E-state index contributed by atoms with van der Waals surface area (Å²) in [6.45, 7) is -0.505. The lowest BCUT2D eigenvalue weighted by molar-refractivity contribution is -0.139. The summed E-state index contributed by atoms with van der Waals surface area (Å²) in [5.41, 5.74) is 1.46. The molecule has 11 heteroatoms. The molecule has 4 rings (SSSR count). The number of aliphatic carboxylic acids is 1. The number of halogens is 3. The molecule has 0 bridgehead atoms. The number of carboxylic acid groups (broad SMARTS) is 1. The van der Waals surface area contributed by atoms with Crippen molar-refractivity contribution in [3.63, 3.8) is 0 Å². The van der Waals surface area contributed by atoms with E-state index >= 15 is 0 Å². The normalized spacial score (nSPS) is 16.3. The molecule has 2 aromatic carbocycles. The van der Waals surface area contributed by atoms with Crippen LogP contribution in [0, 0.1) is 0 Å². The largest absolute Gasteiger partial charge is 0.482 e. The highest BCUT2D eigenvalue weighted by Gasteiger charge is 2.32. The molecule has 0 saturated heterocycles. The Balaban J connectivity index is 1.66. The van der Waals surface area contributed by atoms with E-state index in [-0.39, 0.29) is 5.82 Å². The summed E-state index contributed by atoms with van der Waals surface area (Å²) in [6.07, 6.45) is -1.29. The summed E-state index contributed by atoms with van der Waals surface area (Å²) in [5, 5.41) is 8.93. The lowest BCUT2D eigenvalue weighted by atomic mass is 9.87. The standard InChI is InChI=1S/C24H21F3N2O5S/c25-24(26,27)17-5-1-4-15(12-17)16-10-11-22(28-13-16)29(35(32)33)20-8-2-7-19-18(20)6-3-9-21(19)34-14-23(30)31/h1,3-6,9-13,20H,2,7-8,14H2,(H,30,31)(H,32,33). The van der Waals surface area contributed by atoms with Crippen LogP contribution in [0.3, 0.4) is 0 Å². The van der Waals surface area contributed by atoms with Crippen molar-refractivity contribution in [1.29, 1.82) is 0 Å². The van der Waals surface area contributed by atoms with Crippen LogP contribution in [0.25, 0.3) is 11.1 Å². The third-order valence-corrected chi connectivity index (χ3v) is 6.51. The van der Waals surface area contributed by atoms with Gasteiger partial charge in [-0.1, -0.05) is 24.3 Å². The summed E-state index contributed by atoms with van der Waals surface area (Å²) in [7, 11) is 0. The van der Waals surface area contributed by atoms with Gasteiger partial charge in [0, 0.05) is 11.8 Å². The second kappa shape index (κ2) is 10.0. The van der Waals surface area contributed by atoms with Crippen LogP contribution in [0.5, 0.6) is 5.75 Å². The van der Waals surface area contributed by atoms with Gasteiger partial charge in [-0.3, -0.25) is 4.55 Å². The van der Waals surface area contributed by atoms with Gasteiger partial charge in [0.25, 0.3) is 11.3 Å². The summed E-state index contributed by atoms with van der Waals surface area (Å²) < 4.78 is 68.3. The van der Waals surface area contributed by atoms with Crippen molar-refractivity contribution in [2.24, 2.45) is 0 Å². The minimum absolute atomic E-state index is 0.177. The van der Waals surface area contributed by atoms with E-state index in [0.29, 0.717) is 36.1 Å². The molecule has 0 radical (unpaired) electrons. The van der Waals surface area contributed by atoms with Gasteiger partial charge in [0.2, 0.25) is 0 Å². The number of alkyl halides is 3. The molecule has 1 aliphatic carbocycles. The number of nitrogens with zero attached hydrogens (tertiary/aromatic N) is 2. The van der Waals surface area contributed by atoms with Gasteiger partial charge in [-0.15, -0.1) is 0 Å². The number of ether oxygens (including phenoxy) is 1. The maximum atomic E-state index is 13.1. The smallest absolute Gasteiger partial charge is 0.416 e. The Kier molecular flexibility index (Phi) is 7.08. The minimum Gasteiger partial charge on any atom is -0.482 e. The highest BCUT2D eigenvalue weighted by Crippen LogP contribution is 2.41. The second-order valence-electron chi connectivity index (χ2n) is 7.95. The first-order chi connectivity index (χ1) is 16.6. The molecule has 184 valence electrons. The summed E-state index contributed by atoms with van der Waals surface area (Å²) >= 11 is -2.46. The molecule has 2 N–H and O–H groups in total. The number of pyridine rings is 1. The molecule has 0 amide bonds. The summed E-state index contributed by atoms with van der Waals surface area (Å²) in [4.78, 5) is 15.2. The summed E-state index contributed by atoms with van der Waals surface area (Å²) in [5.74, 6) is -0.527. The van der Waals surface area contributed by atoms with Crippen molar-refractivity contribution in [2.45, 2.75) is 31.5 Å². The van der Waals surface area contributed by atoms with Gasteiger partial charge in [0.1, 0.15) is 11.6 Å². The van der Waals surface area contributed by atoms with Gasteiger partial charge in [0.05, 0.1) is 11.6 Å². The molecule has 35 heavy (non-hydrogen) atoms. The second-order valence-corrected chi connectivity index (χ2v) is 8.81. The Labute approximate surface area is 201 Å². The number of carboxylic acids is 1. The number of hydrogen-bond donors (Lipinski definition) is 2. The molecule has 3 aromatic rings. The molecule has 0 aliphatic heterocycles. The molecule has 0 spiro atoms. The van der Waals surface area contributed by atoms with Gasteiger partial charge < -0.3 is 9.84 Å². The van der Waals surface area contributed by atoms with E-state index in [1.165, 1.54) is 28.7 Å². The molecule has 2 atom stereocenters. The van der Waals surface area contributed by atoms with E-state index in [1.807, 2.05) is 0 Å². The van der Waals surface area contributed by atoms with Crippen LogP contribution in [-0.4, -0.2) is 31.4 Å². The van der Waals surface area contributed by atoms with E-state index in [4.69, 9.17) is 9.84 Å². The Hall–Kier alpha value is -3.44. The molecule has 1 aliphatic rings. The number of carbonyl (C=O) groups is 1. The third kappa shape index (κ3) is 5.46. The topological polar surface area (TPSA) is 100.0 Å². The van der Waals surface area contributed by atoms with Gasteiger partial charge in [-0.25, -0.2) is 18.3 Å². The third-order valence-electron chi connectivity index (χ3n) is 5.73. The van der Waals surface area contributed by atoms with Crippen molar-refractivity contribution in [3.05, 3.63) is 77.5 Å². The number of aromatic nitrogens is 1. The van der Waals surface area contributed by atoms with Crippen LogP contribution >= 0.6 is 0 Å². The monoisotopic (exact) mass is 506 g/mol.